The molecule has 4 rings (SSSR count). The Bertz CT molecular complexity index is 998. The molecule has 0 atom stereocenters. The molecule has 0 fully saturated rings. The summed E-state index contributed by atoms with van der Waals surface area (Å²) in [6, 6.07) is 21.9. The first-order valence-corrected chi connectivity index (χ1v) is 7.77. The van der Waals surface area contributed by atoms with E-state index in [0.717, 1.165) is 21.9 Å². The lowest BCUT2D eigenvalue weighted by molar-refractivity contribution is -0.129. The Kier molecular flexibility index (Phi) is 3.47. The van der Waals surface area contributed by atoms with Crippen molar-refractivity contribution < 1.29 is 9.53 Å². The molecule has 0 spiro atoms. The summed E-state index contributed by atoms with van der Waals surface area (Å²) in [6.07, 6.45) is 1.75. The van der Waals surface area contributed by atoms with Crippen LogP contribution in [0.15, 0.2) is 77.4 Å². The zero-order valence-electron chi connectivity index (χ0n) is 13.2. The summed E-state index contributed by atoms with van der Waals surface area (Å²) < 4.78 is 5.35. The van der Waals surface area contributed by atoms with Gasteiger partial charge in [0, 0.05) is 5.56 Å². The van der Waals surface area contributed by atoms with Crippen molar-refractivity contribution in [3.8, 4) is 0 Å². The minimum Gasteiger partial charge on any atom is -0.402 e. The van der Waals surface area contributed by atoms with Gasteiger partial charge in [-0.3, -0.25) is 0 Å². The number of aryl methyl sites for hydroxylation is 1. The number of carbonyl (C=O) groups excluding carboxylic acids is 1. The lowest BCUT2D eigenvalue weighted by Gasteiger charge is -2.02. The fraction of sp³-hybridized carbons (Fsp3) is 0.0476. The normalized spacial score (nSPS) is 15.6. The summed E-state index contributed by atoms with van der Waals surface area (Å²) in [5, 5.41) is 2.23. The molecule has 0 saturated carbocycles. The van der Waals surface area contributed by atoms with Crippen LogP contribution in [0.3, 0.4) is 0 Å². The number of fused-ring (bicyclic) bond motifs is 1. The third-order valence-electron chi connectivity index (χ3n) is 4.00. The molecule has 0 saturated heterocycles. The van der Waals surface area contributed by atoms with Gasteiger partial charge in [0.2, 0.25) is 5.90 Å². The molecule has 0 aromatic heterocycles. The van der Waals surface area contributed by atoms with E-state index in [2.05, 4.69) is 4.99 Å². The van der Waals surface area contributed by atoms with E-state index in [9.17, 15) is 4.79 Å². The van der Waals surface area contributed by atoms with Crippen LogP contribution in [0.2, 0.25) is 0 Å². The third kappa shape index (κ3) is 2.72. The first-order chi connectivity index (χ1) is 11.7. The zero-order chi connectivity index (χ0) is 16.5. The number of benzene rings is 3. The van der Waals surface area contributed by atoms with Gasteiger partial charge in [-0.15, -0.1) is 0 Å². The quantitative estimate of drug-likeness (QED) is 0.516. The van der Waals surface area contributed by atoms with Crippen molar-refractivity contribution in [3.63, 3.8) is 0 Å². The second-order valence-electron chi connectivity index (χ2n) is 5.81. The van der Waals surface area contributed by atoms with Gasteiger partial charge in [-0.2, -0.15) is 0 Å². The van der Waals surface area contributed by atoms with Crippen LogP contribution in [-0.2, 0) is 9.53 Å². The summed E-state index contributed by atoms with van der Waals surface area (Å²) >= 11 is 0. The van der Waals surface area contributed by atoms with E-state index >= 15 is 0 Å². The summed E-state index contributed by atoms with van der Waals surface area (Å²) in [4.78, 5) is 16.5. The van der Waals surface area contributed by atoms with Gasteiger partial charge in [-0.1, -0.05) is 60.2 Å². The van der Waals surface area contributed by atoms with Crippen molar-refractivity contribution >= 4 is 28.7 Å². The highest BCUT2D eigenvalue weighted by Gasteiger charge is 2.24. The number of esters is 1. The van der Waals surface area contributed by atoms with Crippen LogP contribution in [0.5, 0.6) is 0 Å². The summed E-state index contributed by atoms with van der Waals surface area (Å²) in [5.74, 6) is -0.0668. The highest BCUT2D eigenvalue weighted by atomic mass is 16.6. The Labute approximate surface area is 139 Å². The van der Waals surface area contributed by atoms with E-state index < -0.39 is 5.97 Å². The fourth-order valence-corrected chi connectivity index (χ4v) is 2.68. The highest BCUT2D eigenvalue weighted by molar-refractivity contribution is 6.13. The van der Waals surface area contributed by atoms with Crippen LogP contribution in [0.1, 0.15) is 16.7 Å². The average Bonchev–Trinajstić information content (AvgIpc) is 2.97. The minimum atomic E-state index is -0.418. The maximum atomic E-state index is 12.1. The second kappa shape index (κ2) is 5.78. The van der Waals surface area contributed by atoms with Crippen molar-refractivity contribution in [2.75, 3.05) is 0 Å². The molecule has 3 nitrogen and oxygen atoms in total. The van der Waals surface area contributed by atoms with E-state index in [-0.39, 0.29) is 0 Å². The third-order valence-corrected chi connectivity index (χ3v) is 4.00. The zero-order valence-corrected chi connectivity index (χ0v) is 13.2. The predicted octanol–water partition coefficient (Wildman–Crippen LogP) is 4.49. The molecule has 0 radical (unpaired) electrons. The van der Waals surface area contributed by atoms with Crippen LogP contribution in [0, 0.1) is 6.92 Å². The van der Waals surface area contributed by atoms with Gasteiger partial charge >= 0.3 is 5.97 Å². The first-order valence-electron chi connectivity index (χ1n) is 7.77. The number of hydrogen-bond donors (Lipinski definition) is 0. The molecule has 0 amide bonds. The number of nitrogens with zero attached hydrogens (tertiary/aromatic N) is 1. The number of hydrogen-bond acceptors (Lipinski definition) is 3. The molecule has 0 bridgehead atoms. The van der Waals surface area contributed by atoms with Gasteiger partial charge in [0.05, 0.1) is 0 Å². The molecule has 1 aliphatic heterocycles. The average molecular weight is 313 g/mol. The maximum Gasteiger partial charge on any atom is 0.363 e. The topological polar surface area (TPSA) is 38.7 Å². The van der Waals surface area contributed by atoms with Crippen LogP contribution in [0.25, 0.3) is 16.8 Å². The number of ether oxygens (including phenoxy) is 1. The molecule has 0 unspecified atom stereocenters. The number of carbonyl (C=O) groups is 1. The van der Waals surface area contributed by atoms with Crippen LogP contribution in [-0.4, -0.2) is 11.9 Å². The van der Waals surface area contributed by atoms with Gasteiger partial charge in [-0.05, 0) is 41.5 Å². The molecule has 116 valence electrons. The predicted molar refractivity (Wildman–Crippen MR) is 95.7 cm³/mol. The molecular formula is C21H15NO2. The largest absolute Gasteiger partial charge is 0.402 e. The van der Waals surface area contributed by atoms with Gasteiger partial charge in [-0.25, -0.2) is 9.79 Å². The van der Waals surface area contributed by atoms with Crippen molar-refractivity contribution in [1.29, 1.82) is 0 Å². The number of cyclic esters (lactones) is 1. The lowest BCUT2D eigenvalue weighted by atomic mass is 10.1. The van der Waals surface area contributed by atoms with E-state index in [1.165, 1.54) is 5.56 Å². The first kappa shape index (κ1) is 14.4. The van der Waals surface area contributed by atoms with Crippen molar-refractivity contribution in [3.05, 3.63) is 89.1 Å². The molecule has 1 heterocycles. The van der Waals surface area contributed by atoms with E-state index in [1.54, 1.807) is 6.08 Å². The molecule has 1 aliphatic rings. The second-order valence-corrected chi connectivity index (χ2v) is 5.81. The lowest BCUT2D eigenvalue weighted by Crippen LogP contribution is -2.05. The number of aliphatic imine (C=N–C) groups is 1. The van der Waals surface area contributed by atoms with Crippen molar-refractivity contribution in [2.24, 2.45) is 4.99 Å². The van der Waals surface area contributed by atoms with E-state index in [4.69, 9.17) is 4.74 Å². The molecule has 3 heteroatoms. The van der Waals surface area contributed by atoms with Gasteiger partial charge in [0.1, 0.15) is 0 Å². The van der Waals surface area contributed by atoms with E-state index in [0.29, 0.717) is 11.6 Å². The fourth-order valence-electron chi connectivity index (χ4n) is 2.68. The Morgan fingerprint density at radius 2 is 1.67 bits per heavy atom. The summed E-state index contributed by atoms with van der Waals surface area (Å²) in [6.45, 7) is 2.02. The molecule has 24 heavy (non-hydrogen) atoms. The number of rotatable bonds is 2. The minimum absolute atomic E-state index is 0.321. The molecular weight excluding hydrogens is 298 g/mol. The monoisotopic (exact) mass is 313 g/mol. The van der Waals surface area contributed by atoms with Gasteiger partial charge in [0.15, 0.2) is 5.70 Å². The van der Waals surface area contributed by atoms with Crippen molar-refractivity contribution in [2.45, 2.75) is 6.92 Å². The van der Waals surface area contributed by atoms with Crippen LogP contribution < -0.4 is 0 Å². The summed E-state index contributed by atoms with van der Waals surface area (Å²) in [5.41, 5.74) is 3.22. The molecule has 3 aromatic carbocycles. The Morgan fingerprint density at radius 1 is 0.917 bits per heavy atom. The summed E-state index contributed by atoms with van der Waals surface area (Å²) in [7, 11) is 0. The molecule has 3 aromatic rings. The maximum absolute atomic E-state index is 12.1. The van der Waals surface area contributed by atoms with Crippen molar-refractivity contribution in [1.82, 2.24) is 0 Å². The van der Waals surface area contributed by atoms with Gasteiger partial charge in [0.25, 0.3) is 0 Å². The standard InChI is InChI=1S/C21H15NO2/c1-14-6-8-15(9-7-14)12-19-21(23)24-20(22-19)18-11-10-16-4-2-3-5-17(16)13-18/h2-13H,1H3/b19-12-. The highest BCUT2D eigenvalue weighted by Crippen LogP contribution is 2.22. The SMILES string of the molecule is Cc1ccc(/C=C2\N=C(c3ccc4ccccc4c3)OC2=O)cc1. The Morgan fingerprint density at radius 3 is 2.46 bits per heavy atom. The van der Waals surface area contributed by atoms with Crippen LogP contribution >= 0.6 is 0 Å². The van der Waals surface area contributed by atoms with Crippen LogP contribution in [0.4, 0.5) is 0 Å². The molecule has 0 N–H and O–H groups in total. The smallest absolute Gasteiger partial charge is 0.363 e. The Hall–Kier alpha value is -3.20. The van der Waals surface area contributed by atoms with E-state index in [1.807, 2.05) is 73.7 Å². The Balaban J connectivity index is 1.70. The van der Waals surface area contributed by atoms with Gasteiger partial charge < -0.3 is 4.74 Å². The molecule has 0 aliphatic carbocycles.